The van der Waals surface area contributed by atoms with Gasteiger partial charge in [0.2, 0.25) is 0 Å². The molecule has 0 aromatic heterocycles. The summed E-state index contributed by atoms with van der Waals surface area (Å²) >= 11 is 0. The molecule has 2 heteroatoms. The van der Waals surface area contributed by atoms with Gasteiger partial charge in [0.1, 0.15) is 0 Å². The van der Waals surface area contributed by atoms with Gasteiger partial charge in [0.15, 0.2) is 0 Å². The zero-order chi connectivity index (χ0) is 12.6. The lowest BCUT2D eigenvalue weighted by Gasteiger charge is -2.46. The first-order valence-corrected chi connectivity index (χ1v) is 6.52. The van der Waals surface area contributed by atoms with E-state index in [0.29, 0.717) is 17.9 Å². The summed E-state index contributed by atoms with van der Waals surface area (Å²) in [5.41, 5.74) is -0.0292. The van der Waals surface area contributed by atoms with Gasteiger partial charge < -0.3 is 10.4 Å². The zero-order valence-electron chi connectivity index (χ0n) is 11.9. The molecule has 1 aliphatic rings. The minimum atomic E-state index is -0.511. The lowest BCUT2D eigenvalue weighted by molar-refractivity contribution is -0.0719. The van der Waals surface area contributed by atoms with Crippen molar-refractivity contribution in [1.82, 2.24) is 5.32 Å². The smallest absolute Gasteiger partial charge is 0.0797 e. The Morgan fingerprint density at radius 3 is 2.25 bits per heavy atom. The zero-order valence-corrected chi connectivity index (χ0v) is 11.9. The summed E-state index contributed by atoms with van der Waals surface area (Å²) in [4.78, 5) is 0. The van der Waals surface area contributed by atoms with Crippen LogP contribution in [0, 0.1) is 11.3 Å². The van der Waals surface area contributed by atoms with E-state index in [0.717, 1.165) is 19.3 Å². The molecule has 2 atom stereocenters. The molecular weight excluding hydrogens is 198 g/mol. The molecule has 0 heterocycles. The van der Waals surface area contributed by atoms with Crippen LogP contribution >= 0.6 is 0 Å². The second-order valence-corrected chi connectivity index (χ2v) is 7.48. The number of β-amino-alcohol motifs (C(OH)–C–C–N with tert-alkyl or cyclic N) is 1. The summed E-state index contributed by atoms with van der Waals surface area (Å²) < 4.78 is 0. The highest BCUT2D eigenvalue weighted by molar-refractivity contribution is 4.96. The van der Waals surface area contributed by atoms with Gasteiger partial charge in [-0.15, -0.1) is 0 Å². The fourth-order valence-electron chi connectivity index (χ4n) is 2.60. The predicted octanol–water partition coefficient (Wildman–Crippen LogP) is 2.95. The number of hydrogen-bond donors (Lipinski definition) is 2. The lowest BCUT2D eigenvalue weighted by Crippen LogP contribution is -2.54. The maximum Gasteiger partial charge on any atom is 0.0797 e. The molecule has 1 fully saturated rings. The monoisotopic (exact) mass is 227 g/mol. The standard InChI is InChI=1S/C14H29NO/c1-11-9-13(5,6)7-8-14(11,16)10-15-12(2,3)4/h11,15-16H,7-10H2,1-6H3. The first kappa shape index (κ1) is 14.0. The van der Waals surface area contributed by atoms with E-state index in [1.54, 1.807) is 0 Å². The van der Waals surface area contributed by atoms with Crippen LogP contribution in [0.4, 0.5) is 0 Å². The quantitative estimate of drug-likeness (QED) is 0.760. The Hall–Kier alpha value is -0.0800. The lowest BCUT2D eigenvalue weighted by atomic mass is 9.65. The number of aliphatic hydroxyl groups is 1. The van der Waals surface area contributed by atoms with Gasteiger partial charge in [-0.3, -0.25) is 0 Å². The van der Waals surface area contributed by atoms with Crippen LogP contribution in [0.25, 0.3) is 0 Å². The largest absolute Gasteiger partial charge is 0.388 e. The fraction of sp³-hybridized carbons (Fsp3) is 1.00. The van der Waals surface area contributed by atoms with Gasteiger partial charge in [0.25, 0.3) is 0 Å². The first-order valence-electron chi connectivity index (χ1n) is 6.52. The van der Waals surface area contributed by atoms with Gasteiger partial charge in [-0.2, -0.15) is 0 Å². The molecular formula is C14H29NO. The molecule has 1 rings (SSSR count). The Labute approximate surface area is 101 Å². The van der Waals surface area contributed by atoms with E-state index >= 15 is 0 Å². The Bertz CT molecular complexity index is 242. The van der Waals surface area contributed by atoms with E-state index in [1.165, 1.54) is 0 Å². The van der Waals surface area contributed by atoms with E-state index in [1.807, 2.05) is 0 Å². The van der Waals surface area contributed by atoms with Crippen molar-refractivity contribution >= 4 is 0 Å². The van der Waals surface area contributed by atoms with Crippen LogP contribution in [0.15, 0.2) is 0 Å². The average molecular weight is 227 g/mol. The number of rotatable bonds is 2. The Kier molecular flexibility index (Phi) is 3.76. The Balaban J connectivity index is 2.58. The van der Waals surface area contributed by atoms with Gasteiger partial charge in [-0.25, -0.2) is 0 Å². The van der Waals surface area contributed by atoms with E-state index < -0.39 is 5.60 Å². The normalized spacial score (nSPS) is 35.1. The summed E-state index contributed by atoms with van der Waals surface area (Å²) in [6, 6.07) is 0. The summed E-state index contributed by atoms with van der Waals surface area (Å²) in [5.74, 6) is 0.381. The van der Waals surface area contributed by atoms with Gasteiger partial charge in [0, 0.05) is 12.1 Å². The number of nitrogens with one attached hydrogen (secondary N) is 1. The molecule has 2 unspecified atom stereocenters. The van der Waals surface area contributed by atoms with Crippen molar-refractivity contribution in [3.8, 4) is 0 Å². The Morgan fingerprint density at radius 1 is 1.25 bits per heavy atom. The molecule has 0 bridgehead atoms. The molecule has 0 aromatic rings. The minimum absolute atomic E-state index is 0.0857. The van der Waals surface area contributed by atoms with Crippen molar-refractivity contribution in [3.05, 3.63) is 0 Å². The molecule has 0 spiro atoms. The van der Waals surface area contributed by atoms with Crippen LogP contribution < -0.4 is 5.32 Å². The van der Waals surface area contributed by atoms with E-state index in [-0.39, 0.29) is 5.54 Å². The van der Waals surface area contributed by atoms with Crippen molar-refractivity contribution in [1.29, 1.82) is 0 Å². The molecule has 96 valence electrons. The highest BCUT2D eigenvalue weighted by atomic mass is 16.3. The topological polar surface area (TPSA) is 32.3 Å². The summed E-state index contributed by atoms with van der Waals surface area (Å²) in [7, 11) is 0. The molecule has 16 heavy (non-hydrogen) atoms. The van der Waals surface area contributed by atoms with Crippen LogP contribution in [0.3, 0.4) is 0 Å². The SMILES string of the molecule is CC1CC(C)(C)CCC1(O)CNC(C)(C)C. The van der Waals surface area contributed by atoms with Gasteiger partial charge in [0.05, 0.1) is 5.60 Å². The van der Waals surface area contributed by atoms with Crippen LogP contribution in [-0.4, -0.2) is 22.8 Å². The third-order valence-electron chi connectivity index (χ3n) is 3.94. The molecule has 0 saturated heterocycles. The van der Waals surface area contributed by atoms with Crippen molar-refractivity contribution in [3.63, 3.8) is 0 Å². The van der Waals surface area contributed by atoms with Crippen molar-refractivity contribution in [2.45, 2.75) is 71.9 Å². The summed E-state index contributed by atoms with van der Waals surface area (Å²) in [6.07, 6.45) is 3.17. The molecule has 1 aliphatic carbocycles. The number of hydrogen-bond acceptors (Lipinski definition) is 2. The van der Waals surface area contributed by atoms with Crippen LogP contribution in [0.2, 0.25) is 0 Å². The minimum Gasteiger partial charge on any atom is -0.388 e. The van der Waals surface area contributed by atoms with Crippen molar-refractivity contribution < 1.29 is 5.11 Å². The highest BCUT2D eigenvalue weighted by Gasteiger charge is 2.42. The average Bonchev–Trinajstić information content (AvgIpc) is 2.08. The van der Waals surface area contributed by atoms with Gasteiger partial charge in [-0.05, 0) is 51.4 Å². The van der Waals surface area contributed by atoms with Crippen LogP contribution in [-0.2, 0) is 0 Å². The van der Waals surface area contributed by atoms with Gasteiger partial charge >= 0.3 is 0 Å². The summed E-state index contributed by atoms with van der Waals surface area (Å²) in [6.45, 7) is 14.0. The second-order valence-electron chi connectivity index (χ2n) is 7.48. The highest BCUT2D eigenvalue weighted by Crippen LogP contribution is 2.43. The van der Waals surface area contributed by atoms with E-state index in [2.05, 4.69) is 46.9 Å². The molecule has 0 amide bonds. The molecule has 2 N–H and O–H groups in total. The second kappa shape index (κ2) is 4.30. The molecule has 0 aliphatic heterocycles. The third kappa shape index (κ3) is 3.74. The predicted molar refractivity (Wildman–Crippen MR) is 69.5 cm³/mol. The van der Waals surface area contributed by atoms with Crippen molar-refractivity contribution in [2.24, 2.45) is 11.3 Å². The van der Waals surface area contributed by atoms with Crippen LogP contribution in [0.5, 0.6) is 0 Å². The molecule has 0 radical (unpaired) electrons. The first-order chi connectivity index (χ1) is 7.04. The van der Waals surface area contributed by atoms with E-state index in [4.69, 9.17) is 0 Å². The maximum absolute atomic E-state index is 10.7. The molecule has 2 nitrogen and oxygen atoms in total. The Morgan fingerprint density at radius 2 is 1.81 bits per heavy atom. The molecule has 1 saturated carbocycles. The maximum atomic E-state index is 10.7. The summed E-state index contributed by atoms with van der Waals surface area (Å²) in [5, 5.41) is 14.1. The molecule has 0 aromatic carbocycles. The third-order valence-corrected chi connectivity index (χ3v) is 3.94. The van der Waals surface area contributed by atoms with Gasteiger partial charge in [-0.1, -0.05) is 20.8 Å². The fourth-order valence-corrected chi connectivity index (χ4v) is 2.60. The van der Waals surface area contributed by atoms with E-state index in [9.17, 15) is 5.11 Å². The van der Waals surface area contributed by atoms with Crippen LogP contribution in [0.1, 0.15) is 60.8 Å². The van der Waals surface area contributed by atoms with Crippen molar-refractivity contribution in [2.75, 3.05) is 6.54 Å².